The van der Waals surface area contributed by atoms with Gasteiger partial charge in [-0.1, -0.05) is 11.6 Å². The van der Waals surface area contributed by atoms with Crippen LogP contribution in [0.15, 0.2) is 30.6 Å². The van der Waals surface area contributed by atoms with Crippen LogP contribution in [-0.4, -0.2) is 68.1 Å². The maximum Gasteiger partial charge on any atom is 0.416 e. The minimum atomic E-state index is -4.44. The zero-order valence-corrected chi connectivity index (χ0v) is 19.6. The van der Waals surface area contributed by atoms with Gasteiger partial charge < -0.3 is 9.62 Å². The molecule has 1 N–H and O–H groups in total. The lowest BCUT2D eigenvalue weighted by Crippen LogP contribution is -2.36. The first-order valence-corrected chi connectivity index (χ1v) is 12.9. The average molecular weight is 504 g/mol. The molecule has 180 valence electrons. The maximum absolute atomic E-state index is 13.4. The summed E-state index contributed by atoms with van der Waals surface area (Å²) in [5.41, 5.74) is -0.231. The number of nitrogens with zero attached hydrogens (tertiary/aromatic N) is 4. The molecule has 12 heteroatoms. The zero-order valence-electron chi connectivity index (χ0n) is 18.1. The number of halogens is 4. The van der Waals surface area contributed by atoms with Crippen molar-refractivity contribution in [2.24, 2.45) is 5.41 Å². The molecule has 2 aliphatic rings. The second kappa shape index (κ2) is 8.52. The van der Waals surface area contributed by atoms with E-state index in [-0.39, 0.29) is 28.6 Å². The molecule has 3 heterocycles. The molecule has 0 saturated carbocycles. The molecule has 1 spiro atoms. The summed E-state index contributed by atoms with van der Waals surface area (Å²) < 4.78 is 55.9. The molecule has 2 aliphatic heterocycles. The fourth-order valence-electron chi connectivity index (χ4n) is 4.68. The quantitative estimate of drug-likeness (QED) is 0.644. The molecule has 4 rings (SSSR count). The van der Waals surface area contributed by atoms with E-state index in [1.54, 1.807) is 4.90 Å². The topological polar surface area (TPSA) is 70.5 Å². The number of benzene rings is 1. The van der Waals surface area contributed by atoms with Crippen LogP contribution >= 0.6 is 11.6 Å². The van der Waals surface area contributed by atoms with Crippen molar-refractivity contribution >= 4 is 38.9 Å². The second-order valence-electron chi connectivity index (χ2n) is 8.99. The monoisotopic (exact) mass is 503 g/mol. The lowest BCUT2D eigenvalue weighted by atomic mass is 9.86. The van der Waals surface area contributed by atoms with Gasteiger partial charge in [0, 0.05) is 52.6 Å². The Bertz CT molecular complexity index is 1170. The highest BCUT2D eigenvalue weighted by atomic mass is 35.5. The number of hydrogen-bond acceptors (Lipinski definition) is 4. The molecule has 1 aromatic carbocycles. The number of carbonyl (C=O) groups excluding carboxylic acids is 1. The Labute approximate surface area is 195 Å². The number of nitrogens with one attached hydrogen (secondary N) is 1. The highest BCUT2D eigenvalue weighted by Gasteiger charge is 2.45. The zero-order chi connectivity index (χ0) is 24.0. The number of rotatable bonds is 4. The van der Waals surface area contributed by atoms with Gasteiger partial charge >= 0.3 is 12.2 Å². The van der Waals surface area contributed by atoms with Crippen LogP contribution in [0.4, 0.5) is 23.7 Å². The maximum atomic E-state index is 13.4. The first-order chi connectivity index (χ1) is 15.3. The van der Waals surface area contributed by atoms with Gasteiger partial charge in [0.25, 0.3) is 0 Å². The summed E-state index contributed by atoms with van der Waals surface area (Å²) in [5, 5.41) is 4.33. The molecular weight excluding hydrogens is 479 g/mol. The van der Waals surface area contributed by atoms with Crippen LogP contribution in [-0.2, 0) is 22.4 Å². The minimum absolute atomic E-state index is 0.153. The second-order valence-corrected chi connectivity index (χ2v) is 11.6. The summed E-state index contributed by atoms with van der Waals surface area (Å²) >= 11 is 5.96. The van der Waals surface area contributed by atoms with Crippen molar-refractivity contribution in [3.63, 3.8) is 0 Å². The number of amides is 1. The van der Waals surface area contributed by atoms with Gasteiger partial charge in [-0.25, -0.2) is 9.00 Å². The van der Waals surface area contributed by atoms with E-state index < -0.39 is 21.4 Å². The molecule has 2 unspecified atom stereocenters. The van der Waals surface area contributed by atoms with Crippen molar-refractivity contribution in [2.45, 2.75) is 25.6 Å². The molecule has 2 aromatic rings. The van der Waals surface area contributed by atoms with Crippen molar-refractivity contribution < 1.29 is 22.2 Å². The third-order valence-corrected chi connectivity index (χ3v) is 7.01. The van der Waals surface area contributed by atoms with Crippen molar-refractivity contribution in [2.75, 3.05) is 37.2 Å². The Kier molecular flexibility index (Phi) is 6.17. The van der Waals surface area contributed by atoms with Crippen LogP contribution < -0.4 is 4.72 Å². The molecule has 2 saturated heterocycles. The van der Waals surface area contributed by atoms with Crippen LogP contribution in [0, 0.1) is 5.41 Å². The third kappa shape index (κ3) is 5.47. The fraction of sp³-hybridized carbons (Fsp3) is 0.476. The standard InChI is InChI=1S/C21H25ClF3N5O2S/c1-33(2,32)27-17-10-26-30(12-17)19(31)29-8-6-20(14-29)5-7-28(13-20)11-15-9-16(22)3-4-18(15)21(23,24)25/h3-4,9-10,12H,1,5-8,11,13-14H2,2H3,(H,27,32). The van der Waals surface area contributed by atoms with Crippen LogP contribution in [0.25, 0.3) is 0 Å². The van der Waals surface area contributed by atoms with Crippen molar-refractivity contribution in [3.05, 3.63) is 46.7 Å². The molecule has 2 atom stereocenters. The molecule has 1 aromatic heterocycles. The lowest BCUT2D eigenvalue weighted by molar-refractivity contribution is -0.138. The van der Waals surface area contributed by atoms with Gasteiger partial charge in [0.1, 0.15) is 0 Å². The Hall–Kier alpha value is -2.24. The van der Waals surface area contributed by atoms with Crippen LogP contribution in [0.5, 0.6) is 0 Å². The predicted octanol–water partition coefficient (Wildman–Crippen LogP) is 3.79. The van der Waals surface area contributed by atoms with Crippen LogP contribution in [0.2, 0.25) is 5.02 Å². The summed E-state index contributed by atoms with van der Waals surface area (Å²) in [6, 6.07) is 3.37. The summed E-state index contributed by atoms with van der Waals surface area (Å²) in [6.07, 6.45) is 1.46. The van der Waals surface area contributed by atoms with Crippen LogP contribution in [0.3, 0.4) is 0 Å². The average Bonchev–Trinajstić information content (AvgIpc) is 3.40. The largest absolute Gasteiger partial charge is 0.416 e. The van der Waals surface area contributed by atoms with E-state index in [9.17, 15) is 22.2 Å². The predicted molar refractivity (Wildman–Crippen MR) is 123 cm³/mol. The Morgan fingerprint density at radius 1 is 1.30 bits per heavy atom. The van der Waals surface area contributed by atoms with E-state index in [1.807, 2.05) is 4.90 Å². The van der Waals surface area contributed by atoms with E-state index in [0.29, 0.717) is 31.9 Å². The summed E-state index contributed by atoms with van der Waals surface area (Å²) in [7, 11) is -2.49. The third-order valence-electron chi connectivity index (χ3n) is 6.11. The normalized spacial score (nSPS) is 23.2. The number of carbonyl (C=O) groups is 1. The summed E-state index contributed by atoms with van der Waals surface area (Å²) in [5.74, 6) is 3.52. The van der Waals surface area contributed by atoms with Gasteiger partial charge in [-0.05, 0) is 49.0 Å². The molecule has 7 nitrogen and oxygen atoms in total. The SMILES string of the molecule is C=S(C)(=O)Nc1cnn(C(=O)N2CCC3(CCN(Cc4cc(Cl)ccc4C(F)(F)F)C3)C2)c1. The molecule has 0 aliphatic carbocycles. The smallest absolute Gasteiger partial charge is 0.322 e. The molecule has 2 fully saturated rings. The Balaban J connectivity index is 1.41. The lowest BCUT2D eigenvalue weighted by Gasteiger charge is -2.25. The van der Waals surface area contributed by atoms with E-state index >= 15 is 0 Å². The van der Waals surface area contributed by atoms with Gasteiger partial charge in [0.05, 0.1) is 23.6 Å². The number of alkyl halides is 3. The van der Waals surface area contributed by atoms with Gasteiger partial charge in [0.2, 0.25) is 0 Å². The first kappa shape index (κ1) is 23.9. The highest BCUT2D eigenvalue weighted by Crippen LogP contribution is 2.41. The number of anilines is 1. The fourth-order valence-corrected chi connectivity index (χ4v) is 5.48. The van der Waals surface area contributed by atoms with Crippen LogP contribution in [0.1, 0.15) is 24.0 Å². The Morgan fingerprint density at radius 3 is 2.73 bits per heavy atom. The molecule has 0 radical (unpaired) electrons. The van der Waals surface area contributed by atoms with E-state index in [4.69, 9.17) is 11.6 Å². The van der Waals surface area contributed by atoms with Gasteiger partial charge in [-0.3, -0.25) is 4.90 Å². The van der Waals surface area contributed by atoms with E-state index in [0.717, 1.165) is 18.9 Å². The van der Waals surface area contributed by atoms with Gasteiger partial charge in [-0.2, -0.15) is 23.0 Å². The summed E-state index contributed by atoms with van der Waals surface area (Å²) in [6.45, 7) is 2.45. The molecule has 0 bridgehead atoms. The van der Waals surface area contributed by atoms with Gasteiger partial charge in [0.15, 0.2) is 0 Å². The molecule has 33 heavy (non-hydrogen) atoms. The first-order valence-electron chi connectivity index (χ1n) is 10.4. The van der Waals surface area contributed by atoms with E-state index in [1.165, 1.54) is 35.5 Å². The van der Waals surface area contributed by atoms with Crippen molar-refractivity contribution in [3.8, 4) is 0 Å². The molecule has 1 amide bonds. The minimum Gasteiger partial charge on any atom is -0.322 e. The van der Waals surface area contributed by atoms with Gasteiger partial charge in [-0.15, -0.1) is 0 Å². The van der Waals surface area contributed by atoms with E-state index in [2.05, 4.69) is 15.7 Å². The number of hydrogen-bond donors (Lipinski definition) is 1. The highest BCUT2D eigenvalue weighted by molar-refractivity contribution is 8.00. The number of aromatic nitrogens is 2. The van der Waals surface area contributed by atoms with Crippen molar-refractivity contribution in [1.82, 2.24) is 19.6 Å². The Morgan fingerprint density at radius 2 is 2.03 bits per heavy atom. The number of likely N-dealkylation sites (tertiary alicyclic amines) is 2. The molecular formula is C21H25ClF3N5O2S. The van der Waals surface area contributed by atoms with Crippen molar-refractivity contribution in [1.29, 1.82) is 0 Å². The summed E-state index contributed by atoms with van der Waals surface area (Å²) in [4.78, 5) is 16.6.